The number of benzene rings is 1. The first-order valence-corrected chi connectivity index (χ1v) is 11.5. The molecule has 1 rings (SSSR count). The van der Waals surface area contributed by atoms with Gasteiger partial charge in [-0.3, -0.25) is 14.4 Å². The van der Waals surface area contributed by atoms with Gasteiger partial charge in [-0.1, -0.05) is 67.5 Å². The third kappa shape index (κ3) is 10.6. The topological polar surface area (TPSA) is 75.3 Å². The van der Waals surface area contributed by atoms with Gasteiger partial charge >= 0.3 is 0 Å². The monoisotopic (exact) mass is 430 g/mol. The molecule has 0 aromatic heterocycles. The number of carbonyl (C=O) groups is 3. The number of hydrogen-bond acceptors (Lipinski definition) is 3. The Kier molecular flexibility index (Phi) is 10.4. The molecule has 0 bridgehead atoms. The summed E-state index contributed by atoms with van der Waals surface area (Å²) in [5, 5.41) is 5.78. The van der Waals surface area contributed by atoms with Crippen LogP contribution < -0.4 is 10.6 Å². The molecule has 174 valence electrons. The molecule has 2 atom stereocenters. The largest absolute Gasteiger partial charge is 0.346 e. The van der Waals surface area contributed by atoms with Crippen molar-refractivity contribution in [3.8, 4) is 0 Å². The van der Waals surface area contributed by atoms with Crippen LogP contribution in [0.4, 0.5) is 5.69 Å². The smallest absolute Gasteiger partial charge is 0.227 e. The second kappa shape index (κ2) is 12.0. The van der Waals surface area contributed by atoms with E-state index in [1.165, 1.54) is 5.56 Å². The number of nitrogens with one attached hydrogen (secondary N) is 2. The van der Waals surface area contributed by atoms with Crippen LogP contribution in [-0.4, -0.2) is 23.6 Å². The Bertz CT molecular complexity index is 730. The Balaban J connectivity index is 2.63. The highest BCUT2D eigenvalue weighted by molar-refractivity contribution is 5.97. The number of hydrogen-bond donors (Lipinski definition) is 2. The summed E-state index contributed by atoms with van der Waals surface area (Å²) in [6, 6.07) is 7.27. The van der Waals surface area contributed by atoms with Crippen LogP contribution in [0.3, 0.4) is 0 Å². The molecule has 1 aromatic carbocycles. The molecule has 0 aliphatic heterocycles. The minimum atomic E-state index is -0.571. The first kappa shape index (κ1) is 26.9. The molecule has 2 N–H and O–H groups in total. The van der Waals surface area contributed by atoms with Gasteiger partial charge in [-0.25, -0.2) is 0 Å². The van der Waals surface area contributed by atoms with Gasteiger partial charge in [-0.05, 0) is 47.8 Å². The van der Waals surface area contributed by atoms with E-state index in [0.717, 1.165) is 18.5 Å². The second-order valence-electron chi connectivity index (χ2n) is 10.7. The maximum atomic E-state index is 12.8. The lowest BCUT2D eigenvalue weighted by Gasteiger charge is -2.24. The van der Waals surface area contributed by atoms with Gasteiger partial charge in [0.15, 0.2) is 5.78 Å². The second-order valence-corrected chi connectivity index (χ2v) is 10.7. The van der Waals surface area contributed by atoms with Crippen molar-refractivity contribution in [3.05, 3.63) is 29.8 Å². The molecular formula is C26H42N2O3. The standard InChI is InChI=1S/C26H42N2O3/c1-17(2)15-20-9-11-21(12-10-20)27-25(31)19(5)16-22(29)24(18(3)4)28-23(30)13-14-26(6,7)8/h9-12,17-19,24H,13-16H2,1-8H3,(H,27,31)(H,28,30)/t19-,24+/m1/s1. The average Bonchev–Trinajstić information content (AvgIpc) is 2.64. The molecule has 0 saturated carbocycles. The molecule has 0 radical (unpaired) electrons. The lowest BCUT2D eigenvalue weighted by atomic mass is 9.89. The molecule has 0 aliphatic carbocycles. The van der Waals surface area contributed by atoms with Gasteiger partial charge in [0.25, 0.3) is 0 Å². The van der Waals surface area contributed by atoms with E-state index in [4.69, 9.17) is 0 Å². The molecule has 2 amide bonds. The fourth-order valence-electron chi connectivity index (χ4n) is 3.34. The first-order valence-electron chi connectivity index (χ1n) is 11.5. The summed E-state index contributed by atoms with van der Waals surface area (Å²) in [6.07, 6.45) is 2.24. The highest BCUT2D eigenvalue weighted by atomic mass is 16.2. The Morgan fingerprint density at radius 1 is 0.935 bits per heavy atom. The van der Waals surface area contributed by atoms with Gasteiger partial charge in [-0.2, -0.15) is 0 Å². The zero-order chi connectivity index (χ0) is 23.8. The lowest BCUT2D eigenvalue weighted by Crippen LogP contribution is -2.45. The highest BCUT2D eigenvalue weighted by Crippen LogP contribution is 2.21. The van der Waals surface area contributed by atoms with Crippen molar-refractivity contribution in [3.63, 3.8) is 0 Å². The van der Waals surface area contributed by atoms with Crippen LogP contribution in [0.5, 0.6) is 0 Å². The normalized spacial score (nSPS) is 13.7. The Labute approximate surface area is 188 Å². The minimum absolute atomic E-state index is 0.0325. The Morgan fingerprint density at radius 2 is 1.52 bits per heavy atom. The van der Waals surface area contributed by atoms with E-state index in [0.29, 0.717) is 12.3 Å². The van der Waals surface area contributed by atoms with Gasteiger partial charge in [-0.15, -0.1) is 0 Å². The summed E-state index contributed by atoms with van der Waals surface area (Å²) in [5.74, 6) is -0.333. The maximum Gasteiger partial charge on any atom is 0.227 e. The molecule has 0 heterocycles. The third-order valence-corrected chi connectivity index (χ3v) is 5.25. The summed E-state index contributed by atoms with van der Waals surface area (Å²) < 4.78 is 0. The fourth-order valence-corrected chi connectivity index (χ4v) is 3.34. The molecule has 0 unspecified atom stereocenters. The van der Waals surface area contributed by atoms with Crippen LogP contribution in [-0.2, 0) is 20.8 Å². The van der Waals surface area contributed by atoms with Gasteiger partial charge in [0, 0.05) is 24.4 Å². The molecule has 31 heavy (non-hydrogen) atoms. The molecule has 0 fully saturated rings. The van der Waals surface area contributed by atoms with Crippen LogP contribution >= 0.6 is 0 Å². The van der Waals surface area contributed by atoms with E-state index in [1.54, 1.807) is 6.92 Å². The van der Waals surface area contributed by atoms with E-state index in [1.807, 2.05) is 38.1 Å². The van der Waals surface area contributed by atoms with E-state index >= 15 is 0 Å². The summed E-state index contributed by atoms with van der Waals surface area (Å²) in [5.41, 5.74) is 2.03. The summed E-state index contributed by atoms with van der Waals surface area (Å²) >= 11 is 0. The molecule has 0 spiro atoms. The molecule has 5 heteroatoms. The van der Waals surface area contributed by atoms with E-state index in [9.17, 15) is 14.4 Å². The number of carbonyl (C=O) groups excluding carboxylic acids is 3. The molecule has 0 saturated heterocycles. The maximum absolute atomic E-state index is 12.8. The van der Waals surface area contributed by atoms with Crippen molar-refractivity contribution in [1.82, 2.24) is 5.32 Å². The fraction of sp³-hybridized carbons (Fsp3) is 0.654. The van der Waals surface area contributed by atoms with Gasteiger partial charge in [0.05, 0.1) is 6.04 Å². The minimum Gasteiger partial charge on any atom is -0.346 e. The number of ketones is 1. The van der Waals surface area contributed by atoms with Crippen LogP contribution in [0.1, 0.15) is 80.2 Å². The predicted molar refractivity (Wildman–Crippen MR) is 128 cm³/mol. The average molecular weight is 431 g/mol. The number of Topliss-reactive ketones (excluding diaryl/α,β-unsaturated/α-hetero) is 1. The summed E-state index contributed by atoms with van der Waals surface area (Å²) in [7, 11) is 0. The number of rotatable bonds is 11. The van der Waals surface area contributed by atoms with Crippen molar-refractivity contribution >= 4 is 23.3 Å². The number of anilines is 1. The van der Waals surface area contributed by atoms with Crippen molar-refractivity contribution in [2.45, 2.75) is 87.1 Å². The van der Waals surface area contributed by atoms with Crippen LogP contribution in [0.25, 0.3) is 0 Å². The molecule has 0 aliphatic rings. The van der Waals surface area contributed by atoms with Gasteiger partial charge in [0.2, 0.25) is 11.8 Å². The predicted octanol–water partition coefficient (Wildman–Crippen LogP) is 5.39. The van der Waals surface area contributed by atoms with Crippen molar-refractivity contribution in [2.24, 2.45) is 23.2 Å². The molecular weight excluding hydrogens is 388 g/mol. The molecule has 5 nitrogen and oxygen atoms in total. The van der Waals surface area contributed by atoms with Crippen molar-refractivity contribution in [2.75, 3.05) is 5.32 Å². The van der Waals surface area contributed by atoms with Crippen LogP contribution in [0.2, 0.25) is 0 Å². The van der Waals surface area contributed by atoms with Crippen LogP contribution in [0.15, 0.2) is 24.3 Å². The summed E-state index contributed by atoms with van der Waals surface area (Å²) in [4.78, 5) is 37.8. The highest BCUT2D eigenvalue weighted by Gasteiger charge is 2.27. The number of amides is 2. The van der Waals surface area contributed by atoms with Gasteiger partial charge in [0.1, 0.15) is 0 Å². The summed E-state index contributed by atoms with van der Waals surface area (Å²) in [6.45, 7) is 16.2. The lowest BCUT2D eigenvalue weighted by molar-refractivity contribution is -0.131. The van der Waals surface area contributed by atoms with Crippen LogP contribution in [0, 0.1) is 23.2 Å². The van der Waals surface area contributed by atoms with E-state index < -0.39 is 12.0 Å². The molecule has 1 aromatic rings. The Hall–Kier alpha value is -2.17. The van der Waals surface area contributed by atoms with Gasteiger partial charge < -0.3 is 10.6 Å². The first-order chi connectivity index (χ1) is 14.3. The van der Waals surface area contributed by atoms with E-state index in [2.05, 4.69) is 45.3 Å². The Morgan fingerprint density at radius 3 is 2.00 bits per heavy atom. The third-order valence-electron chi connectivity index (χ3n) is 5.25. The zero-order valence-electron chi connectivity index (χ0n) is 20.7. The zero-order valence-corrected chi connectivity index (χ0v) is 20.7. The quantitative estimate of drug-likeness (QED) is 0.494. The van der Waals surface area contributed by atoms with Crippen molar-refractivity contribution < 1.29 is 14.4 Å². The SMILES string of the molecule is CC(C)Cc1ccc(NC(=O)[C@H](C)CC(=O)[C@@H](NC(=O)CCC(C)(C)C)C(C)C)cc1. The van der Waals surface area contributed by atoms with Crippen molar-refractivity contribution in [1.29, 1.82) is 0 Å². The van der Waals surface area contributed by atoms with E-state index in [-0.39, 0.29) is 35.4 Å².